The van der Waals surface area contributed by atoms with E-state index in [1.165, 1.54) is 6.42 Å². The first-order valence-electron chi connectivity index (χ1n) is 5.28. The zero-order valence-electron chi connectivity index (χ0n) is 9.53. The molecule has 0 bridgehead atoms. The average Bonchev–Trinajstić information content (AvgIpc) is 2.20. The molecule has 0 radical (unpaired) electrons. The van der Waals surface area contributed by atoms with Gasteiger partial charge in [0.15, 0.2) is 0 Å². The van der Waals surface area contributed by atoms with E-state index in [9.17, 15) is 0 Å². The molecule has 1 aromatic heterocycles. The van der Waals surface area contributed by atoms with Gasteiger partial charge in [-0.2, -0.15) is 0 Å². The summed E-state index contributed by atoms with van der Waals surface area (Å²) in [7, 11) is 4.18. The van der Waals surface area contributed by atoms with E-state index in [0.717, 1.165) is 25.2 Å². The number of nitrogens with zero attached hydrogens (tertiary/aromatic N) is 2. The number of unbranched alkanes of at least 4 members (excludes halogenated alkanes) is 1. The average molecular weight is 208 g/mol. The summed E-state index contributed by atoms with van der Waals surface area (Å²) < 4.78 is 0. The van der Waals surface area contributed by atoms with Crippen LogP contribution < -0.4 is 11.1 Å². The van der Waals surface area contributed by atoms with Crippen LogP contribution in [0.15, 0.2) is 18.5 Å². The number of nitrogens with one attached hydrogen (secondary N) is 1. The number of hydrogen-bond donors (Lipinski definition) is 2. The van der Waals surface area contributed by atoms with Crippen LogP contribution in [0.1, 0.15) is 12.8 Å². The van der Waals surface area contributed by atoms with Gasteiger partial charge in [0.2, 0.25) is 0 Å². The molecule has 0 saturated carbocycles. The SMILES string of the molecule is CN(C)CCCCNc1ccncc1N. The van der Waals surface area contributed by atoms with Gasteiger partial charge < -0.3 is 16.0 Å². The Kier molecular flexibility index (Phi) is 4.90. The lowest BCUT2D eigenvalue weighted by molar-refractivity contribution is 0.396. The minimum absolute atomic E-state index is 0.713. The Hall–Kier alpha value is -1.29. The van der Waals surface area contributed by atoms with Crippen molar-refractivity contribution in [1.82, 2.24) is 9.88 Å². The van der Waals surface area contributed by atoms with Crippen LogP contribution in [0.4, 0.5) is 11.4 Å². The van der Waals surface area contributed by atoms with Crippen LogP contribution in [0.2, 0.25) is 0 Å². The molecule has 4 nitrogen and oxygen atoms in total. The summed E-state index contributed by atoms with van der Waals surface area (Å²) in [6.07, 6.45) is 5.77. The van der Waals surface area contributed by atoms with Gasteiger partial charge in [0, 0.05) is 12.7 Å². The summed E-state index contributed by atoms with van der Waals surface area (Å²) in [4.78, 5) is 6.14. The summed E-state index contributed by atoms with van der Waals surface area (Å²) in [5.41, 5.74) is 7.44. The predicted molar refractivity (Wildman–Crippen MR) is 64.9 cm³/mol. The van der Waals surface area contributed by atoms with Crippen LogP contribution in [-0.4, -0.2) is 37.1 Å². The number of hydrogen-bond acceptors (Lipinski definition) is 4. The van der Waals surface area contributed by atoms with Crippen molar-refractivity contribution in [3.05, 3.63) is 18.5 Å². The van der Waals surface area contributed by atoms with Crippen LogP contribution in [0.3, 0.4) is 0 Å². The Morgan fingerprint density at radius 1 is 1.40 bits per heavy atom. The number of pyridine rings is 1. The van der Waals surface area contributed by atoms with E-state index >= 15 is 0 Å². The Bertz CT molecular complexity index is 286. The quantitative estimate of drug-likeness (QED) is 0.694. The molecule has 4 heteroatoms. The smallest absolute Gasteiger partial charge is 0.0736 e. The van der Waals surface area contributed by atoms with E-state index in [-0.39, 0.29) is 0 Å². The summed E-state index contributed by atoms with van der Waals surface area (Å²) in [5.74, 6) is 0. The van der Waals surface area contributed by atoms with Crippen molar-refractivity contribution in [2.24, 2.45) is 0 Å². The van der Waals surface area contributed by atoms with Crippen LogP contribution >= 0.6 is 0 Å². The van der Waals surface area contributed by atoms with Gasteiger partial charge in [-0.1, -0.05) is 0 Å². The molecule has 84 valence electrons. The van der Waals surface area contributed by atoms with Gasteiger partial charge in [0.25, 0.3) is 0 Å². The Morgan fingerprint density at radius 3 is 2.87 bits per heavy atom. The summed E-state index contributed by atoms with van der Waals surface area (Å²) in [6.45, 7) is 2.09. The molecule has 1 heterocycles. The number of rotatable bonds is 6. The van der Waals surface area contributed by atoms with Gasteiger partial charge >= 0.3 is 0 Å². The van der Waals surface area contributed by atoms with Gasteiger partial charge in [-0.05, 0) is 39.5 Å². The van der Waals surface area contributed by atoms with E-state index in [2.05, 4.69) is 29.3 Å². The zero-order valence-corrected chi connectivity index (χ0v) is 9.53. The first-order valence-corrected chi connectivity index (χ1v) is 5.28. The van der Waals surface area contributed by atoms with Crippen molar-refractivity contribution in [2.75, 3.05) is 38.2 Å². The fraction of sp³-hybridized carbons (Fsp3) is 0.545. The molecule has 15 heavy (non-hydrogen) atoms. The second-order valence-electron chi connectivity index (χ2n) is 3.90. The molecule has 0 fully saturated rings. The maximum Gasteiger partial charge on any atom is 0.0736 e. The molecule has 1 rings (SSSR count). The van der Waals surface area contributed by atoms with E-state index in [4.69, 9.17) is 5.73 Å². The number of nitrogens with two attached hydrogens (primary N) is 1. The fourth-order valence-electron chi connectivity index (χ4n) is 1.34. The second-order valence-corrected chi connectivity index (χ2v) is 3.90. The largest absolute Gasteiger partial charge is 0.396 e. The van der Waals surface area contributed by atoms with Gasteiger partial charge in [0.05, 0.1) is 17.6 Å². The molecule has 0 atom stereocenters. The lowest BCUT2D eigenvalue weighted by Gasteiger charge is -2.10. The van der Waals surface area contributed by atoms with Crippen molar-refractivity contribution >= 4 is 11.4 Å². The molecule has 1 aromatic rings. The molecule has 0 aliphatic carbocycles. The van der Waals surface area contributed by atoms with Crippen LogP contribution in [-0.2, 0) is 0 Å². The van der Waals surface area contributed by atoms with Crippen molar-refractivity contribution in [2.45, 2.75) is 12.8 Å². The van der Waals surface area contributed by atoms with E-state index in [1.54, 1.807) is 12.4 Å². The van der Waals surface area contributed by atoms with Crippen molar-refractivity contribution in [3.8, 4) is 0 Å². The number of nitrogen functional groups attached to an aromatic ring is 1. The highest BCUT2D eigenvalue weighted by Crippen LogP contribution is 2.14. The molecule has 0 unspecified atom stereocenters. The summed E-state index contributed by atoms with van der Waals surface area (Å²) in [6, 6.07) is 1.90. The first-order chi connectivity index (χ1) is 7.20. The lowest BCUT2D eigenvalue weighted by atomic mass is 10.3. The topological polar surface area (TPSA) is 54.2 Å². The van der Waals surface area contributed by atoms with Crippen LogP contribution in [0.5, 0.6) is 0 Å². The van der Waals surface area contributed by atoms with Crippen molar-refractivity contribution in [1.29, 1.82) is 0 Å². The Labute approximate surface area is 91.5 Å². The molecule has 0 aliphatic heterocycles. The maximum absolute atomic E-state index is 5.75. The third-order valence-electron chi connectivity index (χ3n) is 2.20. The summed E-state index contributed by atoms with van der Waals surface area (Å²) >= 11 is 0. The predicted octanol–water partition coefficient (Wildman–Crippen LogP) is 1.42. The molecule has 0 amide bonds. The summed E-state index contributed by atoms with van der Waals surface area (Å²) in [5, 5.41) is 3.30. The fourth-order valence-corrected chi connectivity index (χ4v) is 1.34. The second kappa shape index (κ2) is 6.24. The molecule has 0 aliphatic rings. The van der Waals surface area contributed by atoms with E-state index in [1.807, 2.05) is 6.07 Å². The monoisotopic (exact) mass is 208 g/mol. The first kappa shape index (κ1) is 11.8. The number of anilines is 2. The molecule has 0 spiro atoms. The zero-order chi connectivity index (χ0) is 11.1. The minimum Gasteiger partial charge on any atom is -0.396 e. The Morgan fingerprint density at radius 2 is 2.20 bits per heavy atom. The van der Waals surface area contributed by atoms with Crippen molar-refractivity contribution < 1.29 is 0 Å². The third kappa shape index (κ3) is 4.65. The molecule has 0 aromatic carbocycles. The minimum atomic E-state index is 0.713. The van der Waals surface area contributed by atoms with Gasteiger partial charge in [-0.25, -0.2) is 0 Å². The highest BCUT2D eigenvalue weighted by atomic mass is 15.0. The van der Waals surface area contributed by atoms with Crippen molar-refractivity contribution in [3.63, 3.8) is 0 Å². The molecular weight excluding hydrogens is 188 g/mol. The molecular formula is C11H20N4. The van der Waals surface area contributed by atoms with Crippen LogP contribution in [0.25, 0.3) is 0 Å². The normalized spacial score (nSPS) is 10.6. The third-order valence-corrected chi connectivity index (χ3v) is 2.20. The Balaban J connectivity index is 2.18. The van der Waals surface area contributed by atoms with Gasteiger partial charge in [-0.3, -0.25) is 4.98 Å². The molecule has 3 N–H and O–H groups in total. The van der Waals surface area contributed by atoms with Gasteiger partial charge in [0.1, 0.15) is 0 Å². The lowest BCUT2D eigenvalue weighted by Crippen LogP contribution is -2.14. The molecule has 0 saturated heterocycles. The van der Waals surface area contributed by atoms with Crippen LogP contribution in [0, 0.1) is 0 Å². The number of aromatic nitrogens is 1. The standard InChI is InChI=1S/C11H20N4/c1-15(2)8-4-3-6-14-11-5-7-13-9-10(11)12/h5,7,9H,3-4,6,8,12H2,1-2H3,(H,13,14). The van der Waals surface area contributed by atoms with E-state index in [0.29, 0.717) is 5.69 Å². The van der Waals surface area contributed by atoms with Gasteiger partial charge in [-0.15, -0.1) is 0 Å². The van der Waals surface area contributed by atoms with E-state index < -0.39 is 0 Å². The highest BCUT2D eigenvalue weighted by molar-refractivity contribution is 5.63. The maximum atomic E-state index is 5.75. The highest BCUT2D eigenvalue weighted by Gasteiger charge is 1.96.